The van der Waals surface area contributed by atoms with Crippen LogP contribution >= 0.6 is 0 Å². The highest BCUT2D eigenvalue weighted by Crippen LogP contribution is 2.47. The van der Waals surface area contributed by atoms with Gasteiger partial charge in [-0.25, -0.2) is 9.97 Å². The van der Waals surface area contributed by atoms with Crippen LogP contribution < -0.4 is 4.90 Å². The lowest BCUT2D eigenvalue weighted by atomic mass is 9.79. The molecule has 0 aliphatic carbocycles. The zero-order valence-electron chi connectivity index (χ0n) is 34.7. The lowest BCUT2D eigenvalue weighted by Crippen LogP contribution is -2.16. The number of nitrogens with zero attached hydrogens (tertiary/aromatic N) is 3. The maximum atomic E-state index is 11.1. The maximum Gasteiger partial charge on any atom is 0.158 e. The highest BCUT2D eigenvalue weighted by atomic mass is 16.3. The van der Waals surface area contributed by atoms with Gasteiger partial charge in [0.15, 0.2) is 5.58 Å². The van der Waals surface area contributed by atoms with Gasteiger partial charge in [0.05, 0.1) is 23.3 Å². The van der Waals surface area contributed by atoms with E-state index in [-0.39, 0.29) is 22.5 Å². The normalized spacial score (nSPS) is 12.0. The molecule has 0 spiro atoms. The summed E-state index contributed by atoms with van der Waals surface area (Å²) in [5.41, 5.74) is 13.8. The highest BCUT2D eigenvalue weighted by molar-refractivity contribution is 6.05. The molecule has 1 N–H and O–H groups in total. The van der Waals surface area contributed by atoms with Crippen molar-refractivity contribution in [1.29, 1.82) is 0 Å². The van der Waals surface area contributed by atoms with E-state index in [1.165, 1.54) is 11.1 Å². The van der Waals surface area contributed by atoms with Crippen molar-refractivity contribution in [3.05, 3.63) is 169 Å². The number of phenols is 1. The van der Waals surface area contributed by atoms with Crippen LogP contribution in [-0.2, 0) is 10.8 Å². The molecule has 0 aliphatic heterocycles. The fourth-order valence-corrected chi connectivity index (χ4v) is 7.66. The molecular formula is C53H51N3O2. The second-order valence-corrected chi connectivity index (χ2v) is 17.6. The fourth-order valence-electron chi connectivity index (χ4n) is 7.66. The van der Waals surface area contributed by atoms with Crippen LogP contribution in [0, 0.1) is 0 Å². The molecule has 0 radical (unpaired) electrons. The summed E-state index contributed by atoms with van der Waals surface area (Å²) >= 11 is 0. The number of aromatic hydroxyl groups is 1. The monoisotopic (exact) mass is 761 g/mol. The van der Waals surface area contributed by atoms with Crippen LogP contribution in [0.15, 0.2) is 156 Å². The van der Waals surface area contributed by atoms with Gasteiger partial charge in [-0.3, -0.25) is 4.90 Å². The Morgan fingerprint density at radius 2 is 1.24 bits per heavy atom. The van der Waals surface area contributed by atoms with Crippen molar-refractivity contribution < 1.29 is 9.52 Å². The van der Waals surface area contributed by atoms with E-state index in [1.807, 2.05) is 48.7 Å². The minimum Gasteiger partial charge on any atom is -0.507 e. The van der Waals surface area contributed by atoms with Gasteiger partial charge in [-0.15, -0.1) is 0 Å². The molecule has 0 amide bonds. The molecule has 3 aromatic heterocycles. The maximum absolute atomic E-state index is 11.1. The average Bonchev–Trinajstić information content (AvgIpc) is 3.71. The molecule has 0 unspecified atom stereocenters. The lowest BCUT2D eigenvalue weighted by molar-refractivity contribution is 0.477. The van der Waals surface area contributed by atoms with E-state index in [4.69, 9.17) is 14.4 Å². The Kier molecular flexibility index (Phi) is 10.0. The Labute approximate surface area is 342 Å². The van der Waals surface area contributed by atoms with Gasteiger partial charge in [-0.05, 0) is 116 Å². The molecule has 0 bridgehead atoms. The molecule has 290 valence electrons. The number of fused-ring (bicyclic) bond motifs is 1. The Hall–Kier alpha value is -6.46. The quantitative estimate of drug-likeness (QED) is 0.167. The van der Waals surface area contributed by atoms with Crippen molar-refractivity contribution in [1.82, 2.24) is 9.97 Å². The first-order valence-electron chi connectivity index (χ1n) is 20.1. The first kappa shape index (κ1) is 38.4. The third kappa shape index (κ3) is 7.53. The van der Waals surface area contributed by atoms with Gasteiger partial charge in [0, 0.05) is 28.4 Å². The highest BCUT2D eigenvalue weighted by Gasteiger charge is 2.27. The van der Waals surface area contributed by atoms with Crippen molar-refractivity contribution >= 4 is 28.2 Å². The number of hydrogen-bond donors (Lipinski definition) is 1. The van der Waals surface area contributed by atoms with Gasteiger partial charge in [0.1, 0.15) is 11.6 Å². The zero-order valence-corrected chi connectivity index (χ0v) is 34.7. The number of pyridine rings is 2. The Morgan fingerprint density at radius 1 is 0.586 bits per heavy atom. The standard InChI is InChI=1S/C53H51N3O2/c1-34(2)44-33-45(35-17-10-9-11-18-35)42-24-26-58-51(42)50(44)56(49-23-14-15-25-54-49)41-20-16-19-36(29-41)46-30-38(31-47(55-46)43-21-12-13-22-48(43)57)37-27-39(52(3,4)5)32-40(28-37)53(6,7)8/h9-34,57H,1-8H3. The number of benzene rings is 5. The van der Waals surface area contributed by atoms with Crippen molar-refractivity contribution in [2.24, 2.45) is 0 Å². The molecule has 3 heterocycles. The van der Waals surface area contributed by atoms with E-state index in [1.54, 1.807) is 12.3 Å². The summed E-state index contributed by atoms with van der Waals surface area (Å²) in [5.74, 6) is 1.13. The number of aromatic nitrogens is 2. The van der Waals surface area contributed by atoms with E-state index < -0.39 is 0 Å². The Balaban J connectivity index is 1.36. The number of furan rings is 1. The average molecular weight is 762 g/mol. The summed E-state index contributed by atoms with van der Waals surface area (Å²) in [6.07, 6.45) is 3.62. The van der Waals surface area contributed by atoms with Gasteiger partial charge in [-0.2, -0.15) is 0 Å². The fraction of sp³-hybridized carbons (Fsp3) is 0.208. The van der Waals surface area contributed by atoms with Crippen LogP contribution in [0.1, 0.15) is 78.0 Å². The van der Waals surface area contributed by atoms with Crippen LogP contribution in [-0.4, -0.2) is 15.1 Å². The predicted octanol–water partition coefficient (Wildman–Crippen LogP) is 14.8. The molecule has 5 nitrogen and oxygen atoms in total. The molecule has 0 fully saturated rings. The summed E-state index contributed by atoms with van der Waals surface area (Å²) in [4.78, 5) is 12.4. The van der Waals surface area contributed by atoms with Crippen molar-refractivity contribution in [3.63, 3.8) is 0 Å². The first-order chi connectivity index (χ1) is 27.8. The second-order valence-electron chi connectivity index (χ2n) is 17.6. The number of anilines is 3. The zero-order chi connectivity index (χ0) is 40.8. The molecule has 8 rings (SSSR count). The molecule has 0 atom stereocenters. The number of phenolic OH excluding ortho intramolecular Hbond substituents is 1. The van der Waals surface area contributed by atoms with E-state index in [9.17, 15) is 5.11 Å². The third-order valence-corrected chi connectivity index (χ3v) is 11.0. The van der Waals surface area contributed by atoms with Crippen LogP contribution in [0.3, 0.4) is 0 Å². The summed E-state index contributed by atoms with van der Waals surface area (Å²) in [6, 6.07) is 48.1. The van der Waals surface area contributed by atoms with E-state index in [0.29, 0.717) is 11.3 Å². The molecule has 0 saturated heterocycles. The number of hydrogen-bond acceptors (Lipinski definition) is 5. The topological polar surface area (TPSA) is 62.4 Å². The molecular weight excluding hydrogens is 711 g/mol. The summed E-state index contributed by atoms with van der Waals surface area (Å²) in [5, 5.41) is 12.2. The number of rotatable bonds is 8. The van der Waals surface area contributed by atoms with Crippen molar-refractivity contribution in [3.8, 4) is 50.5 Å². The summed E-state index contributed by atoms with van der Waals surface area (Å²) in [6.45, 7) is 18.0. The number of para-hydroxylation sites is 1. The predicted molar refractivity (Wildman–Crippen MR) is 241 cm³/mol. The van der Waals surface area contributed by atoms with Crippen molar-refractivity contribution in [2.45, 2.75) is 72.1 Å². The van der Waals surface area contributed by atoms with Gasteiger partial charge >= 0.3 is 0 Å². The van der Waals surface area contributed by atoms with E-state index in [0.717, 1.165) is 67.2 Å². The van der Waals surface area contributed by atoms with Gasteiger partial charge in [-0.1, -0.05) is 134 Å². The molecule has 0 aliphatic rings. The largest absolute Gasteiger partial charge is 0.507 e. The Bertz CT molecular complexity index is 2700. The van der Waals surface area contributed by atoms with E-state index in [2.05, 4.69) is 151 Å². The van der Waals surface area contributed by atoms with Crippen LogP contribution in [0.2, 0.25) is 0 Å². The molecule has 8 aromatic rings. The minimum atomic E-state index is -0.0524. The third-order valence-electron chi connectivity index (χ3n) is 11.0. The molecule has 5 aromatic carbocycles. The summed E-state index contributed by atoms with van der Waals surface area (Å²) in [7, 11) is 0. The lowest BCUT2D eigenvalue weighted by Gasteiger charge is -2.29. The SMILES string of the molecule is CC(C)c1cc(-c2ccccc2)c2ccoc2c1N(c1cccc(-c2cc(-c3cc(C(C)(C)C)cc(C(C)(C)C)c3)cc(-c3ccccc3O)n2)c1)c1ccccn1. The minimum absolute atomic E-state index is 0.0524. The van der Waals surface area contributed by atoms with Crippen LogP contribution in [0.5, 0.6) is 5.75 Å². The van der Waals surface area contributed by atoms with Crippen molar-refractivity contribution in [2.75, 3.05) is 4.90 Å². The van der Waals surface area contributed by atoms with Gasteiger partial charge in [0.2, 0.25) is 0 Å². The molecule has 0 saturated carbocycles. The van der Waals surface area contributed by atoms with Gasteiger partial charge < -0.3 is 9.52 Å². The molecule has 58 heavy (non-hydrogen) atoms. The first-order valence-corrected chi connectivity index (χ1v) is 20.1. The van der Waals surface area contributed by atoms with Crippen LogP contribution in [0.25, 0.3) is 55.7 Å². The van der Waals surface area contributed by atoms with Crippen LogP contribution in [0.4, 0.5) is 17.2 Å². The summed E-state index contributed by atoms with van der Waals surface area (Å²) < 4.78 is 6.44. The second kappa shape index (κ2) is 15.1. The van der Waals surface area contributed by atoms with Gasteiger partial charge in [0.25, 0.3) is 0 Å². The smallest absolute Gasteiger partial charge is 0.158 e. The Morgan fingerprint density at radius 3 is 1.91 bits per heavy atom. The van der Waals surface area contributed by atoms with E-state index >= 15 is 0 Å². The molecule has 5 heteroatoms.